The molecular weight excluding hydrogens is 182 g/mol. The predicted molar refractivity (Wildman–Crippen MR) is 53.1 cm³/mol. The first-order valence-electron chi connectivity index (χ1n) is 4.47. The van der Waals surface area contributed by atoms with Crippen LogP contribution >= 0.6 is 0 Å². The van der Waals surface area contributed by atoms with E-state index in [1.807, 2.05) is 13.0 Å². The van der Waals surface area contributed by atoms with Crippen LogP contribution in [0.4, 0.5) is 5.69 Å². The zero-order valence-corrected chi connectivity index (χ0v) is 8.01. The van der Waals surface area contributed by atoms with Gasteiger partial charge < -0.3 is 5.11 Å². The first-order valence-corrected chi connectivity index (χ1v) is 4.47. The number of nitro benzene ring substituents is 1. The predicted octanol–water partition coefficient (Wildman–Crippen LogP) is 1.77. The minimum Gasteiger partial charge on any atom is -0.396 e. The van der Waals surface area contributed by atoms with Crippen LogP contribution in [0.1, 0.15) is 12.5 Å². The summed E-state index contributed by atoms with van der Waals surface area (Å²) in [6.45, 7) is 2.00. The summed E-state index contributed by atoms with van der Waals surface area (Å²) >= 11 is 0. The third-order valence-corrected chi connectivity index (χ3v) is 2.02. The van der Waals surface area contributed by atoms with Gasteiger partial charge >= 0.3 is 0 Å². The monoisotopic (exact) mass is 195 g/mol. The van der Waals surface area contributed by atoms with Gasteiger partial charge in [0.2, 0.25) is 0 Å². The van der Waals surface area contributed by atoms with Gasteiger partial charge in [0.15, 0.2) is 0 Å². The van der Waals surface area contributed by atoms with Crippen LogP contribution in [0.15, 0.2) is 24.3 Å². The van der Waals surface area contributed by atoms with E-state index >= 15 is 0 Å². The maximum Gasteiger partial charge on any atom is 0.269 e. The molecule has 1 unspecified atom stereocenters. The van der Waals surface area contributed by atoms with Crippen molar-refractivity contribution in [2.24, 2.45) is 5.92 Å². The van der Waals surface area contributed by atoms with Crippen LogP contribution in [0, 0.1) is 16.0 Å². The number of aliphatic hydroxyl groups is 1. The average Bonchev–Trinajstić information content (AvgIpc) is 2.18. The minimum absolute atomic E-state index is 0.0999. The van der Waals surface area contributed by atoms with Crippen molar-refractivity contribution in [1.82, 2.24) is 0 Å². The highest BCUT2D eigenvalue weighted by molar-refractivity contribution is 5.34. The zero-order valence-electron chi connectivity index (χ0n) is 8.01. The van der Waals surface area contributed by atoms with Crippen LogP contribution < -0.4 is 0 Å². The van der Waals surface area contributed by atoms with Gasteiger partial charge in [0.25, 0.3) is 5.69 Å². The number of non-ortho nitro benzene ring substituents is 1. The summed E-state index contributed by atoms with van der Waals surface area (Å²) in [6, 6.07) is 6.51. The molecule has 0 aromatic heterocycles. The van der Waals surface area contributed by atoms with Crippen molar-refractivity contribution in [1.29, 1.82) is 0 Å². The molecule has 1 aromatic rings. The fraction of sp³-hybridized carbons (Fsp3) is 0.400. The quantitative estimate of drug-likeness (QED) is 0.588. The van der Waals surface area contributed by atoms with Gasteiger partial charge in [-0.15, -0.1) is 0 Å². The van der Waals surface area contributed by atoms with E-state index in [4.69, 9.17) is 5.11 Å². The van der Waals surface area contributed by atoms with Crippen LogP contribution in [-0.4, -0.2) is 16.6 Å². The Hall–Kier alpha value is -1.42. The minimum atomic E-state index is -0.410. The lowest BCUT2D eigenvalue weighted by molar-refractivity contribution is -0.384. The summed E-state index contributed by atoms with van der Waals surface area (Å²) in [7, 11) is 0. The Kier molecular flexibility index (Phi) is 3.59. The molecule has 0 heterocycles. The summed E-state index contributed by atoms with van der Waals surface area (Å²) < 4.78 is 0. The van der Waals surface area contributed by atoms with Crippen LogP contribution in [0.5, 0.6) is 0 Å². The van der Waals surface area contributed by atoms with Crippen molar-refractivity contribution >= 4 is 5.69 Å². The summed E-state index contributed by atoms with van der Waals surface area (Å²) in [5.74, 6) is 0.136. The normalized spacial score (nSPS) is 12.4. The molecule has 1 rings (SSSR count). The molecule has 4 heteroatoms. The van der Waals surface area contributed by atoms with Gasteiger partial charge in [-0.2, -0.15) is 0 Å². The van der Waals surface area contributed by atoms with E-state index in [0.29, 0.717) is 6.42 Å². The Morgan fingerprint density at radius 3 is 2.86 bits per heavy atom. The van der Waals surface area contributed by atoms with Gasteiger partial charge in [-0.25, -0.2) is 0 Å². The molecule has 0 spiro atoms. The molecule has 0 saturated carbocycles. The molecule has 0 bridgehead atoms. The summed E-state index contributed by atoms with van der Waals surface area (Å²) in [5.41, 5.74) is 0.994. The SMILES string of the molecule is CC(CO)Cc1cccc([N+](=O)[O-])c1. The number of hydrogen-bond donors (Lipinski definition) is 1. The molecule has 0 radical (unpaired) electrons. The standard InChI is InChI=1S/C10H13NO3/c1-8(7-12)5-9-3-2-4-10(6-9)11(13)14/h2-4,6,8,12H,5,7H2,1H3. The van der Waals surface area contributed by atoms with Crippen LogP contribution in [0.25, 0.3) is 0 Å². The number of benzene rings is 1. The summed E-state index contributed by atoms with van der Waals surface area (Å²) in [4.78, 5) is 10.1. The highest BCUT2D eigenvalue weighted by atomic mass is 16.6. The molecule has 14 heavy (non-hydrogen) atoms. The van der Waals surface area contributed by atoms with E-state index in [-0.39, 0.29) is 18.2 Å². The Balaban J connectivity index is 2.78. The fourth-order valence-electron chi connectivity index (χ4n) is 1.26. The maximum atomic E-state index is 10.5. The van der Waals surface area contributed by atoms with Crippen LogP contribution in [0.3, 0.4) is 0 Å². The lowest BCUT2D eigenvalue weighted by Gasteiger charge is -2.06. The van der Waals surface area contributed by atoms with E-state index < -0.39 is 4.92 Å². The van der Waals surface area contributed by atoms with Crippen molar-refractivity contribution in [2.45, 2.75) is 13.3 Å². The molecule has 1 N–H and O–H groups in total. The zero-order chi connectivity index (χ0) is 10.6. The van der Waals surface area contributed by atoms with E-state index in [1.54, 1.807) is 12.1 Å². The number of nitrogens with zero attached hydrogens (tertiary/aromatic N) is 1. The van der Waals surface area contributed by atoms with E-state index in [1.165, 1.54) is 6.07 Å². The highest BCUT2D eigenvalue weighted by Crippen LogP contribution is 2.15. The Bertz CT molecular complexity index is 325. The van der Waals surface area contributed by atoms with E-state index in [2.05, 4.69) is 0 Å². The molecule has 76 valence electrons. The Morgan fingerprint density at radius 2 is 2.29 bits per heavy atom. The van der Waals surface area contributed by atoms with Gasteiger partial charge in [-0.3, -0.25) is 10.1 Å². The fourth-order valence-corrected chi connectivity index (χ4v) is 1.26. The second-order valence-electron chi connectivity index (χ2n) is 3.42. The molecule has 1 aromatic carbocycles. The first-order chi connectivity index (χ1) is 6.63. The first kappa shape index (κ1) is 10.7. The largest absolute Gasteiger partial charge is 0.396 e. The van der Waals surface area contributed by atoms with Gasteiger partial charge in [0.1, 0.15) is 0 Å². The van der Waals surface area contributed by atoms with Gasteiger partial charge in [-0.1, -0.05) is 19.1 Å². The average molecular weight is 195 g/mol. The molecule has 0 aliphatic carbocycles. The Labute approximate surface area is 82.3 Å². The smallest absolute Gasteiger partial charge is 0.269 e. The maximum absolute atomic E-state index is 10.5. The molecule has 4 nitrogen and oxygen atoms in total. The summed E-state index contributed by atoms with van der Waals surface area (Å²) in [5, 5.41) is 19.3. The molecule has 0 amide bonds. The Morgan fingerprint density at radius 1 is 1.57 bits per heavy atom. The van der Waals surface area contributed by atoms with Gasteiger partial charge in [0, 0.05) is 18.7 Å². The van der Waals surface area contributed by atoms with Gasteiger partial charge in [-0.05, 0) is 17.9 Å². The molecule has 0 aliphatic heterocycles. The second-order valence-corrected chi connectivity index (χ2v) is 3.42. The molecule has 1 atom stereocenters. The number of hydrogen-bond acceptors (Lipinski definition) is 3. The number of aliphatic hydroxyl groups excluding tert-OH is 1. The van der Waals surface area contributed by atoms with Crippen molar-refractivity contribution in [3.63, 3.8) is 0 Å². The van der Waals surface area contributed by atoms with Crippen LogP contribution in [0.2, 0.25) is 0 Å². The van der Waals surface area contributed by atoms with E-state index in [0.717, 1.165) is 5.56 Å². The lowest BCUT2D eigenvalue weighted by Crippen LogP contribution is -2.04. The van der Waals surface area contributed by atoms with E-state index in [9.17, 15) is 10.1 Å². The van der Waals surface area contributed by atoms with Crippen molar-refractivity contribution in [3.05, 3.63) is 39.9 Å². The molecule has 0 fully saturated rings. The number of rotatable bonds is 4. The lowest BCUT2D eigenvalue weighted by atomic mass is 10.0. The number of nitro groups is 1. The third kappa shape index (κ3) is 2.81. The van der Waals surface area contributed by atoms with Gasteiger partial charge in [0.05, 0.1) is 4.92 Å². The van der Waals surface area contributed by atoms with Crippen molar-refractivity contribution in [2.75, 3.05) is 6.61 Å². The second kappa shape index (κ2) is 4.72. The highest BCUT2D eigenvalue weighted by Gasteiger charge is 2.07. The molecule has 0 saturated heterocycles. The topological polar surface area (TPSA) is 63.4 Å². The molecule has 0 aliphatic rings. The van der Waals surface area contributed by atoms with Crippen LogP contribution in [-0.2, 0) is 6.42 Å². The third-order valence-electron chi connectivity index (χ3n) is 2.02. The molecular formula is C10H13NO3. The van der Waals surface area contributed by atoms with Crippen molar-refractivity contribution in [3.8, 4) is 0 Å². The van der Waals surface area contributed by atoms with Crippen molar-refractivity contribution < 1.29 is 10.0 Å². The summed E-state index contributed by atoms with van der Waals surface area (Å²) in [6.07, 6.45) is 0.665.